The molecule has 0 saturated heterocycles. The standard InChI is InChI=1S/C22H23NO3/c1-3-4-7-16-19(22(25)26-2)23-21(24)20(17-12-8-5-9-13-17)18-14-10-6-11-15-18/h1,5-6,8-15,19-20H,4,7,16H2,2H3,(H,23,24)/t19-/m0/s1. The number of hydrogen-bond acceptors (Lipinski definition) is 3. The predicted octanol–water partition coefficient (Wildman–Crippen LogP) is 3.28. The minimum absolute atomic E-state index is 0.237. The third-order valence-corrected chi connectivity index (χ3v) is 4.14. The van der Waals surface area contributed by atoms with Crippen LogP contribution in [0.4, 0.5) is 0 Å². The lowest BCUT2D eigenvalue weighted by molar-refractivity contribution is -0.145. The summed E-state index contributed by atoms with van der Waals surface area (Å²) in [7, 11) is 1.31. The van der Waals surface area contributed by atoms with Crippen molar-refractivity contribution in [3.05, 3.63) is 71.8 Å². The number of methoxy groups -OCH3 is 1. The molecule has 2 aromatic carbocycles. The van der Waals surface area contributed by atoms with Crippen LogP contribution in [-0.2, 0) is 14.3 Å². The van der Waals surface area contributed by atoms with Crippen LogP contribution >= 0.6 is 0 Å². The summed E-state index contributed by atoms with van der Waals surface area (Å²) in [6, 6.07) is 18.3. The highest BCUT2D eigenvalue weighted by atomic mass is 16.5. The van der Waals surface area contributed by atoms with Gasteiger partial charge in [-0.15, -0.1) is 12.3 Å². The summed E-state index contributed by atoms with van der Waals surface area (Å²) in [5, 5.41) is 2.84. The van der Waals surface area contributed by atoms with Gasteiger partial charge in [-0.25, -0.2) is 4.79 Å². The van der Waals surface area contributed by atoms with Gasteiger partial charge in [0, 0.05) is 6.42 Å². The second kappa shape index (κ2) is 10.0. The Hall–Kier alpha value is -3.06. The first kappa shape index (κ1) is 19.3. The molecule has 26 heavy (non-hydrogen) atoms. The lowest BCUT2D eigenvalue weighted by Gasteiger charge is -2.22. The van der Waals surface area contributed by atoms with Gasteiger partial charge in [-0.2, -0.15) is 0 Å². The number of terminal acetylenes is 1. The molecule has 0 fully saturated rings. The molecule has 0 heterocycles. The van der Waals surface area contributed by atoms with Crippen molar-refractivity contribution in [2.45, 2.75) is 31.2 Å². The van der Waals surface area contributed by atoms with Crippen LogP contribution in [0.2, 0.25) is 0 Å². The third-order valence-electron chi connectivity index (χ3n) is 4.14. The number of esters is 1. The minimum atomic E-state index is -0.712. The Morgan fingerprint density at radius 1 is 1.04 bits per heavy atom. The normalized spacial score (nSPS) is 11.4. The van der Waals surface area contributed by atoms with Crippen molar-refractivity contribution in [3.8, 4) is 12.3 Å². The van der Waals surface area contributed by atoms with E-state index >= 15 is 0 Å². The lowest BCUT2D eigenvalue weighted by Crippen LogP contribution is -2.43. The lowest BCUT2D eigenvalue weighted by atomic mass is 9.90. The Morgan fingerprint density at radius 2 is 1.58 bits per heavy atom. The van der Waals surface area contributed by atoms with Crippen molar-refractivity contribution in [3.63, 3.8) is 0 Å². The number of carbonyl (C=O) groups excluding carboxylic acids is 2. The summed E-state index contributed by atoms with van der Waals surface area (Å²) in [6.07, 6.45) is 6.90. The van der Waals surface area contributed by atoms with E-state index in [1.807, 2.05) is 60.7 Å². The Kier molecular flexibility index (Phi) is 7.45. The van der Waals surface area contributed by atoms with Crippen LogP contribution in [0.3, 0.4) is 0 Å². The van der Waals surface area contributed by atoms with Gasteiger partial charge in [0.2, 0.25) is 5.91 Å². The van der Waals surface area contributed by atoms with Gasteiger partial charge in [0.25, 0.3) is 0 Å². The Bertz CT molecular complexity index is 710. The molecule has 1 N–H and O–H groups in total. The van der Waals surface area contributed by atoms with Gasteiger partial charge in [0.05, 0.1) is 13.0 Å². The Balaban J connectivity index is 2.25. The van der Waals surface area contributed by atoms with Gasteiger partial charge in [0.15, 0.2) is 0 Å². The number of benzene rings is 2. The smallest absolute Gasteiger partial charge is 0.328 e. The van der Waals surface area contributed by atoms with Crippen LogP contribution in [0.25, 0.3) is 0 Å². The number of nitrogens with one attached hydrogen (secondary N) is 1. The van der Waals surface area contributed by atoms with Gasteiger partial charge >= 0.3 is 5.97 Å². The van der Waals surface area contributed by atoms with E-state index in [0.717, 1.165) is 11.1 Å². The second-order valence-electron chi connectivity index (χ2n) is 5.94. The summed E-state index contributed by atoms with van der Waals surface area (Å²) in [5.41, 5.74) is 1.73. The highest BCUT2D eigenvalue weighted by molar-refractivity contribution is 5.91. The summed E-state index contributed by atoms with van der Waals surface area (Å²) < 4.78 is 4.83. The summed E-state index contributed by atoms with van der Waals surface area (Å²) >= 11 is 0. The van der Waals surface area contributed by atoms with Crippen LogP contribution in [0, 0.1) is 12.3 Å². The molecule has 0 aromatic heterocycles. The van der Waals surface area contributed by atoms with Crippen molar-refractivity contribution in [1.82, 2.24) is 5.32 Å². The van der Waals surface area contributed by atoms with E-state index in [2.05, 4.69) is 11.2 Å². The van der Waals surface area contributed by atoms with E-state index in [0.29, 0.717) is 19.3 Å². The molecule has 0 unspecified atom stereocenters. The van der Waals surface area contributed by atoms with Crippen molar-refractivity contribution in [2.75, 3.05) is 7.11 Å². The molecule has 0 aliphatic heterocycles. The molecular weight excluding hydrogens is 326 g/mol. The maximum absolute atomic E-state index is 13.0. The molecule has 0 saturated carbocycles. The molecule has 0 radical (unpaired) electrons. The van der Waals surface area contributed by atoms with E-state index in [-0.39, 0.29) is 5.91 Å². The first-order valence-corrected chi connectivity index (χ1v) is 8.59. The van der Waals surface area contributed by atoms with Crippen molar-refractivity contribution in [1.29, 1.82) is 0 Å². The molecule has 0 bridgehead atoms. The fraction of sp³-hybridized carbons (Fsp3) is 0.273. The molecule has 4 nitrogen and oxygen atoms in total. The van der Waals surface area contributed by atoms with Crippen LogP contribution in [0.15, 0.2) is 60.7 Å². The van der Waals surface area contributed by atoms with E-state index in [4.69, 9.17) is 11.2 Å². The SMILES string of the molecule is C#CCCC[C@H](NC(=O)C(c1ccccc1)c1ccccc1)C(=O)OC. The van der Waals surface area contributed by atoms with Crippen molar-refractivity contribution in [2.24, 2.45) is 0 Å². The molecule has 4 heteroatoms. The van der Waals surface area contributed by atoms with Crippen LogP contribution in [0.1, 0.15) is 36.3 Å². The quantitative estimate of drug-likeness (QED) is 0.452. The summed E-state index contributed by atoms with van der Waals surface area (Å²) in [6.45, 7) is 0. The molecule has 2 rings (SSSR count). The first-order chi connectivity index (χ1) is 12.7. The zero-order chi connectivity index (χ0) is 18.8. The first-order valence-electron chi connectivity index (χ1n) is 8.59. The van der Waals surface area contributed by atoms with Gasteiger partial charge in [-0.3, -0.25) is 4.79 Å². The average molecular weight is 349 g/mol. The topological polar surface area (TPSA) is 55.4 Å². The molecule has 0 aliphatic rings. The van der Waals surface area contributed by atoms with Crippen LogP contribution in [0.5, 0.6) is 0 Å². The van der Waals surface area contributed by atoms with Crippen LogP contribution < -0.4 is 5.32 Å². The molecular formula is C22H23NO3. The monoisotopic (exact) mass is 349 g/mol. The zero-order valence-corrected chi connectivity index (χ0v) is 14.9. The fourth-order valence-corrected chi connectivity index (χ4v) is 2.84. The maximum Gasteiger partial charge on any atom is 0.328 e. The fourth-order valence-electron chi connectivity index (χ4n) is 2.84. The number of amides is 1. The van der Waals surface area contributed by atoms with Gasteiger partial charge in [-0.1, -0.05) is 60.7 Å². The number of ether oxygens (including phenoxy) is 1. The minimum Gasteiger partial charge on any atom is -0.467 e. The number of unbranched alkanes of at least 4 members (excludes halogenated alkanes) is 1. The second-order valence-corrected chi connectivity index (χ2v) is 5.94. The third kappa shape index (κ3) is 5.22. The van der Waals surface area contributed by atoms with E-state index < -0.39 is 17.9 Å². The molecule has 0 aliphatic carbocycles. The highest BCUT2D eigenvalue weighted by Crippen LogP contribution is 2.25. The van der Waals surface area contributed by atoms with Gasteiger partial charge in [0.1, 0.15) is 6.04 Å². The van der Waals surface area contributed by atoms with E-state index in [1.165, 1.54) is 7.11 Å². The molecule has 1 atom stereocenters. The summed E-state index contributed by atoms with van der Waals surface area (Å²) in [5.74, 6) is 1.34. The Labute approximate surface area is 154 Å². The Morgan fingerprint density at radius 3 is 2.04 bits per heavy atom. The van der Waals surface area contributed by atoms with Crippen LogP contribution in [-0.4, -0.2) is 25.0 Å². The molecule has 2 aromatic rings. The molecule has 134 valence electrons. The van der Waals surface area contributed by atoms with E-state index in [1.54, 1.807) is 0 Å². The predicted molar refractivity (Wildman–Crippen MR) is 101 cm³/mol. The van der Waals surface area contributed by atoms with Crippen molar-refractivity contribution < 1.29 is 14.3 Å². The van der Waals surface area contributed by atoms with Gasteiger partial charge in [-0.05, 0) is 24.0 Å². The largest absolute Gasteiger partial charge is 0.467 e. The average Bonchev–Trinajstić information content (AvgIpc) is 2.68. The highest BCUT2D eigenvalue weighted by Gasteiger charge is 2.27. The molecule has 1 amide bonds. The molecule has 0 spiro atoms. The van der Waals surface area contributed by atoms with E-state index in [9.17, 15) is 9.59 Å². The van der Waals surface area contributed by atoms with Gasteiger partial charge < -0.3 is 10.1 Å². The zero-order valence-electron chi connectivity index (χ0n) is 14.9. The number of rotatable bonds is 8. The number of carbonyl (C=O) groups is 2. The number of hydrogen-bond donors (Lipinski definition) is 1. The van der Waals surface area contributed by atoms with Crippen molar-refractivity contribution >= 4 is 11.9 Å². The maximum atomic E-state index is 13.0. The summed E-state index contributed by atoms with van der Waals surface area (Å²) in [4.78, 5) is 25.1.